The second-order valence-electron chi connectivity index (χ2n) is 5.71. The van der Waals surface area contributed by atoms with Gasteiger partial charge in [0.25, 0.3) is 0 Å². The molecule has 2 rings (SSSR count). The molecule has 0 N–H and O–H groups in total. The molecule has 124 valence electrons. The lowest BCUT2D eigenvalue weighted by molar-refractivity contribution is -0.120. The Bertz CT molecular complexity index is 835. The van der Waals surface area contributed by atoms with Crippen molar-refractivity contribution in [2.75, 3.05) is 7.11 Å². The van der Waals surface area contributed by atoms with Gasteiger partial charge >= 0.3 is 0 Å². The molecule has 0 amide bonds. The minimum absolute atomic E-state index is 0.149. The van der Waals surface area contributed by atoms with E-state index in [1.807, 2.05) is 12.1 Å². The highest BCUT2D eigenvalue weighted by Gasteiger charge is 2.44. The molecule has 6 heteroatoms. The Labute approximate surface area is 146 Å². The first-order valence-electron chi connectivity index (χ1n) is 7.59. The Kier molecular flexibility index (Phi) is 5.32. The highest BCUT2D eigenvalue weighted by molar-refractivity contribution is 5.99. The molecule has 1 heterocycles. The molecule has 25 heavy (non-hydrogen) atoms. The molecule has 0 aromatic heterocycles. The first-order valence-corrected chi connectivity index (χ1v) is 7.59. The number of allylic oxidation sites excluding steroid dienone is 1. The minimum atomic E-state index is -1.16. The van der Waals surface area contributed by atoms with E-state index in [1.165, 1.54) is 6.92 Å². The van der Waals surface area contributed by atoms with Crippen molar-refractivity contribution in [1.82, 2.24) is 0 Å². The zero-order valence-electron chi connectivity index (χ0n) is 13.9. The van der Waals surface area contributed by atoms with Gasteiger partial charge in [-0.15, -0.1) is 0 Å². The quantitative estimate of drug-likeness (QED) is 0.842. The number of nitrogens with zero attached hydrogens (tertiary/aromatic N) is 4. The number of methoxy groups -OCH3 is 1. The summed E-state index contributed by atoms with van der Waals surface area (Å²) in [4.78, 5) is 16.4. The molecule has 0 spiro atoms. The van der Waals surface area contributed by atoms with Crippen molar-refractivity contribution < 1.29 is 9.53 Å². The molecule has 0 radical (unpaired) electrons. The normalized spacial score (nSPS) is 22.3. The summed E-state index contributed by atoms with van der Waals surface area (Å²) >= 11 is 0. The first kappa shape index (κ1) is 17.9. The van der Waals surface area contributed by atoms with Crippen LogP contribution in [0.25, 0.3) is 0 Å². The van der Waals surface area contributed by atoms with Crippen LogP contribution in [-0.4, -0.2) is 18.6 Å². The lowest BCUT2D eigenvalue weighted by atomic mass is 9.69. The maximum atomic E-state index is 12.2. The average Bonchev–Trinajstić information content (AvgIpc) is 2.62. The molecule has 1 aromatic carbocycles. The van der Waals surface area contributed by atoms with Gasteiger partial charge in [0.1, 0.15) is 11.5 Å². The van der Waals surface area contributed by atoms with Crippen molar-refractivity contribution in [1.29, 1.82) is 15.8 Å². The average molecular weight is 332 g/mol. The predicted molar refractivity (Wildman–Crippen MR) is 90.3 cm³/mol. The number of ketones is 1. The van der Waals surface area contributed by atoms with Gasteiger partial charge in [0.2, 0.25) is 0 Å². The third-order valence-corrected chi connectivity index (χ3v) is 4.30. The summed E-state index contributed by atoms with van der Waals surface area (Å²) in [5, 5.41) is 28.1. The van der Waals surface area contributed by atoms with Crippen molar-refractivity contribution in [3.63, 3.8) is 0 Å². The standard InChI is InChI=1S/C19H16N4O2/c1-11-17(12(2)24)18(13-4-6-15(25-3)7-5-13)16(10-22)19(23-11)14(8-20)9-21/h4-7,14,16-18H,1H2,2-3H3/t16-,17-,18+/m0/s1. The highest BCUT2D eigenvalue weighted by Crippen LogP contribution is 2.43. The molecule has 6 nitrogen and oxygen atoms in total. The maximum absolute atomic E-state index is 12.2. The van der Waals surface area contributed by atoms with E-state index in [2.05, 4.69) is 17.6 Å². The van der Waals surface area contributed by atoms with Gasteiger partial charge in [-0.05, 0) is 24.6 Å². The largest absolute Gasteiger partial charge is 0.497 e. The number of Topliss-reactive ketones (excluding diaryl/α,β-unsaturated/α-hetero) is 1. The van der Waals surface area contributed by atoms with Crippen LogP contribution in [0.3, 0.4) is 0 Å². The zero-order chi connectivity index (χ0) is 18.6. The molecule has 0 unspecified atom stereocenters. The van der Waals surface area contributed by atoms with Crippen molar-refractivity contribution in [2.45, 2.75) is 12.8 Å². The smallest absolute Gasteiger partial charge is 0.172 e. The molecule has 0 bridgehead atoms. The summed E-state index contributed by atoms with van der Waals surface area (Å²) in [7, 11) is 1.54. The summed E-state index contributed by atoms with van der Waals surface area (Å²) in [6.07, 6.45) is 0. The van der Waals surface area contributed by atoms with Gasteiger partial charge in [0.15, 0.2) is 5.92 Å². The minimum Gasteiger partial charge on any atom is -0.497 e. The molecule has 1 aromatic rings. The Morgan fingerprint density at radius 3 is 2.28 bits per heavy atom. The molecule has 0 fully saturated rings. The Morgan fingerprint density at radius 2 is 1.84 bits per heavy atom. The number of aliphatic imine (C=N–C) groups is 1. The summed E-state index contributed by atoms with van der Waals surface area (Å²) in [6, 6.07) is 12.8. The lowest BCUT2D eigenvalue weighted by Gasteiger charge is -2.34. The molecule has 0 saturated heterocycles. The van der Waals surface area contributed by atoms with Crippen molar-refractivity contribution in [3.05, 3.63) is 42.1 Å². The summed E-state index contributed by atoms with van der Waals surface area (Å²) in [5.41, 5.74) is 1.15. The molecule has 1 aliphatic heterocycles. The second kappa shape index (κ2) is 7.43. The zero-order valence-corrected chi connectivity index (χ0v) is 13.9. The van der Waals surface area contributed by atoms with E-state index in [0.29, 0.717) is 5.75 Å². The summed E-state index contributed by atoms with van der Waals surface area (Å²) < 4.78 is 5.14. The van der Waals surface area contributed by atoms with Gasteiger partial charge in [-0.25, -0.2) is 0 Å². The van der Waals surface area contributed by atoms with Gasteiger partial charge in [-0.3, -0.25) is 9.79 Å². The van der Waals surface area contributed by atoms with E-state index in [-0.39, 0.29) is 17.2 Å². The fourth-order valence-corrected chi connectivity index (χ4v) is 3.14. The lowest BCUT2D eigenvalue weighted by Crippen LogP contribution is -2.38. The Balaban J connectivity index is 2.63. The van der Waals surface area contributed by atoms with E-state index in [0.717, 1.165) is 5.56 Å². The number of nitriles is 3. The molecular weight excluding hydrogens is 316 g/mol. The van der Waals surface area contributed by atoms with Crippen molar-refractivity contribution >= 4 is 11.5 Å². The predicted octanol–water partition coefficient (Wildman–Crippen LogP) is 2.76. The van der Waals surface area contributed by atoms with Gasteiger partial charge in [0.05, 0.1) is 42.9 Å². The monoisotopic (exact) mass is 332 g/mol. The molecule has 0 aliphatic carbocycles. The fourth-order valence-electron chi connectivity index (χ4n) is 3.14. The van der Waals surface area contributed by atoms with Crippen molar-refractivity contribution in [2.24, 2.45) is 22.7 Å². The molecular formula is C19H16N4O2. The van der Waals surface area contributed by atoms with Gasteiger partial charge in [-0.1, -0.05) is 18.7 Å². The van der Waals surface area contributed by atoms with E-state index in [1.54, 1.807) is 31.4 Å². The first-order chi connectivity index (χ1) is 12.0. The Hall–Kier alpha value is -3.43. The number of ether oxygens (including phenoxy) is 1. The molecule has 0 saturated carbocycles. The summed E-state index contributed by atoms with van der Waals surface area (Å²) in [6.45, 7) is 5.26. The van der Waals surface area contributed by atoms with Crippen LogP contribution in [0.4, 0.5) is 0 Å². The van der Waals surface area contributed by atoms with Gasteiger partial charge in [0, 0.05) is 11.6 Å². The van der Waals surface area contributed by atoms with Crippen LogP contribution < -0.4 is 4.74 Å². The number of rotatable bonds is 4. The fraction of sp³-hybridized carbons (Fsp3) is 0.316. The number of hydrogen-bond donors (Lipinski definition) is 0. The molecule has 1 aliphatic rings. The third-order valence-electron chi connectivity index (χ3n) is 4.30. The van der Waals surface area contributed by atoms with Crippen LogP contribution in [0.2, 0.25) is 0 Å². The van der Waals surface area contributed by atoms with E-state index in [9.17, 15) is 20.6 Å². The number of carbonyl (C=O) groups excluding carboxylic acids is 1. The van der Waals surface area contributed by atoms with Crippen LogP contribution in [0.15, 0.2) is 41.5 Å². The molecule has 3 atom stereocenters. The van der Waals surface area contributed by atoms with Crippen molar-refractivity contribution in [3.8, 4) is 24.0 Å². The van der Waals surface area contributed by atoms with Crippen LogP contribution in [0.1, 0.15) is 18.4 Å². The second-order valence-corrected chi connectivity index (χ2v) is 5.71. The number of hydrogen-bond acceptors (Lipinski definition) is 6. The van der Waals surface area contributed by atoms with E-state index < -0.39 is 23.7 Å². The van der Waals surface area contributed by atoms with Gasteiger partial charge < -0.3 is 4.74 Å². The van der Waals surface area contributed by atoms with Crippen LogP contribution in [0, 0.1) is 51.7 Å². The topological polar surface area (TPSA) is 110 Å². The Morgan fingerprint density at radius 1 is 1.24 bits per heavy atom. The van der Waals surface area contributed by atoms with Gasteiger partial charge in [-0.2, -0.15) is 15.8 Å². The van der Waals surface area contributed by atoms with Crippen LogP contribution in [-0.2, 0) is 4.79 Å². The third kappa shape index (κ3) is 3.27. The van der Waals surface area contributed by atoms with E-state index >= 15 is 0 Å². The maximum Gasteiger partial charge on any atom is 0.172 e. The van der Waals surface area contributed by atoms with Crippen LogP contribution in [0.5, 0.6) is 5.75 Å². The van der Waals surface area contributed by atoms with E-state index in [4.69, 9.17) is 4.74 Å². The highest BCUT2D eigenvalue weighted by atomic mass is 16.5. The number of carbonyl (C=O) groups is 1. The summed E-state index contributed by atoms with van der Waals surface area (Å²) in [5.74, 6) is -2.78. The number of benzene rings is 1. The van der Waals surface area contributed by atoms with Crippen LogP contribution >= 0.6 is 0 Å². The SMILES string of the molecule is C=C1N=C(C(C#N)C#N)[C@@H](C#N)[C@@H](c2ccc(OC)cc2)[C@@H]1C(C)=O.